The number of aliphatic hydroxyl groups excluding tert-OH is 1. The van der Waals surface area contributed by atoms with Crippen LogP contribution in [0.3, 0.4) is 0 Å². The van der Waals surface area contributed by atoms with Crippen LogP contribution in [0.5, 0.6) is 11.5 Å². The van der Waals surface area contributed by atoms with Gasteiger partial charge in [-0.15, -0.1) is 0 Å². The molecule has 0 radical (unpaired) electrons. The highest BCUT2D eigenvalue weighted by atomic mass is 16.5. The number of carbonyl (C=O) groups is 1. The number of nitrogens with one attached hydrogen (secondary N) is 1. The number of Topliss-reactive ketones (excluding diaryl/α,β-unsaturated/α-hetero) is 1. The summed E-state index contributed by atoms with van der Waals surface area (Å²) in [6.07, 6.45) is -0.281. The van der Waals surface area contributed by atoms with E-state index in [4.69, 9.17) is 14.2 Å². The van der Waals surface area contributed by atoms with Gasteiger partial charge in [0.25, 0.3) is 0 Å². The molecule has 3 rings (SSSR count). The zero-order valence-corrected chi connectivity index (χ0v) is 18.1. The van der Waals surface area contributed by atoms with Gasteiger partial charge < -0.3 is 24.6 Å². The Labute approximate surface area is 183 Å². The molecule has 0 saturated carbocycles. The minimum Gasteiger partial charge on any atom is -0.497 e. The van der Waals surface area contributed by atoms with E-state index >= 15 is 0 Å². The zero-order chi connectivity index (χ0) is 21.9. The van der Waals surface area contributed by atoms with E-state index in [1.165, 1.54) is 0 Å². The fourth-order valence-corrected chi connectivity index (χ4v) is 3.41. The predicted octanol–water partition coefficient (Wildman–Crippen LogP) is 2.30. The van der Waals surface area contributed by atoms with Crippen molar-refractivity contribution in [1.29, 1.82) is 0 Å². The van der Waals surface area contributed by atoms with Crippen molar-refractivity contribution in [3.05, 3.63) is 59.7 Å². The highest BCUT2D eigenvalue weighted by Gasteiger charge is 2.11. The number of rotatable bonds is 12. The van der Waals surface area contributed by atoms with Gasteiger partial charge in [0, 0.05) is 44.7 Å². The molecule has 1 saturated heterocycles. The number of morpholine rings is 1. The Bertz CT molecular complexity index is 806. The molecule has 0 bridgehead atoms. The van der Waals surface area contributed by atoms with Gasteiger partial charge in [0.2, 0.25) is 0 Å². The Kier molecular flexibility index (Phi) is 9.30. The van der Waals surface area contributed by atoms with Crippen LogP contribution in [0.1, 0.15) is 28.4 Å². The van der Waals surface area contributed by atoms with Gasteiger partial charge in [-0.3, -0.25) is 9.69 Å². The van der Waals surface area contributed by atoms with Crippen LogP contribution in [0.25, 0.3) is 0 Å². The molecular formula is C24H32N2O5. The number of methoxy groups -OCH3 is 1. The molecule has 2 aromatic rings. The Morgan fingerprint density at radius 1 is 1.16 bits per heavy atom. The lowest BCUT2D eigenvalue weighted by atomic mass is 10.1. The number of hydrogen-bond acceptors (Lipinski definition) is 7. The molecular weight excluding hydrogens is 396 g/mol. The number of benzene rings is 2. The lowest BCUT2D eigenvalue weighted by molar-refractivity contribution is 0.0322. The Hall–Kier alpha value is -2.45. The summed E-state index contributed by atoms with van der Waals surface area (Å²) < 4.78 is 16.3. The highest BCUT2D eigenvalue weighted by molar-refractivity contribution is 5.96. The quantitative estimate of drug-likeness (QED) is 0.397. The van der Waals surface area contributed by atoms with Crippen LogP contribution >= 0.6 is 0 Å². The Morgan fingerprint density at radius 3 is 2.68 bits per heavy atom. The van der Waals surface area contributed by atoms with Crippen molar-refractivity contribution in [2.45, 2.75) is 12.5 Å². The van der Waals surface area contributed by atoms with Gasteiger partial charge in [0.05, 0.1) is 26.4 Å². The largest absolute Gasteiger partial charge is 0.497 e. The van der Waals surface area contributed by atoms with Gasteiger partial charge in [-0.25, -0.2) is 0 Å². The summed E-state index contributed by atoms with van der Waals surface area (Å²) in [5.41, 5.74) is 1.45. The van der Waals surface area contributed by atoms with E-state index in [0.29, 0.717) is 37.4 Å². The smallest absolute Gasteiger partial charge is 0.164 e. The van der Waals surface area contributed by atoms with Crippen LogP contribution < -0.4 is 14.8 Å². The van der Waals surface area contributed by atoms with Gasteiger partial charge in [0.15, 0.2) is 5.78 Å². The van der Waals surface area contributed by atoms with Crippen molar-refractivity contribution >= 4 is 5.78 Å². The van der Waals surface area contributed by atoms with Crippen molar-refractivity contribution in [2.75, 3.05) is 59.7 Å². The number of ketones is 1. The van der Waals surface area contributed by atoms with E-state index in [-0.39, 0.29) is 5.78 Å². The van der Waals surface area contributed by atoms with Crippen LogP contribution in [0.15, 0.2) is 48.5 Å². The van der Waals surface area contributed by atoms with Crippen LogP contribution in [0.2, 0.25) is 0 Å². The Morgan fingerprint density at radius 2 is 1.94 bits per heavy atom. The topological polar surface area (TPSA) is 80.3 Å². The summed E-state index contributed by atoms with van der Waals surface area (Å²) in [5.74, 6) is 1.51. The molecule has 1 heterocycles. The van der Waals surface area contributed by atoms with E-state index < -0.39 is 6.10 Å². The van der Waals surface area contributed by atoms with E-state index in [0.717, 1.165) is 44.2 Å². The molecule has 31 heavy (non-hydrogen) atoms. The van der Waals surface area contributed by atoms with E-state index in [2.05, 4.69) is 10.2 Å². The standard InChI is InChI=1S/C24H32N2O5/c1-29-21-7-5-19(6-8-21)24(28)18-25-10-9-23(27)20-3-2-4-22(17-20)31-16-13-26-11-14-30-15-12-26/h2-8,17,24-25,28H,9-16,18H2,1H3. The van der Waals surface area contributed by atoms with E-state index in [1.54, 1.807) is 13.2 Å². The molecule has 2 aromatic carbocycles. The molecule has 2 N–H and O–H groups in total. The van der Waals surface area contributed by atoms with Crippen LogP contribution in [0, 0.1) is 0 Å². The normalized spacial score (nSPS) is 15.4. The summed E-state index contributed by atoms with van der Waals surface area (Å²) in [4.78, 5) is 14.8. The summed E-state index contributed by atoms with van der Waals surface area (Å²) in [6.45, 7) is 5.72. The molecule has 1 unspecified atom stereocenters. The minimum absolute atomic E-state index is 0.0464. The second-order valence-corrected chi connectivity index (χ2v) is 7.50. The van der Waals surface area contributed by atoms with E-state index in [1.807, 2.05) is 42.5 Å². The summed E-state index contributed by atoms with van der Waals surface area (Å²) >= 11 is 0. The molecule has 0 spiro atoms. The van der Waals surface area contributed by atoms with Gasteiger partial charge in [-0.1, -0.05) is 24.3 Å². The van der Waals surface area contributed by atoms with Crippen molar-refractivity contribution in [1.82, 2.24) is 10.2 Å². The van der Waals surface area contributed by atoms with Crippen molar-refractivity contribution in [2.24, 2.45) is 0 Å². The first-order valence-corrected chi connectivity index (χ1v) is 10.7. The maximum Gasteiger partial charge on any atom is 0.164 e. The molecule has 1 aliphatic rings. The molecule has 0 amide bonds. The number of hydrogen-bond donors (Lipinski definition) is 2. The average Bonchev–Trinajstić information content (AvgIpc) is 2.82. The second-order valence-electron chi connectivity index (χ2n) is 7.50. The molecule has 0 aliphatic carbocycles. The Balaban J connectivity index is 1.37. The molecule has 1 fully saturated rings. The van der Waals surface area contributed by atoms with Crippen molar-refractivity contribution < 1.29 is 24.1 Å². The van der Waals surface area contributed by atoms with Crippen molar-refractivity contribution in [3.63, 3.8) is 0 Å². The third-order valence-electron chi connectivity index (χ3n) is 5.30. The van der Waals surface area contributed by atoms with E-state index in [9.17, 15) is 9.90 Å². The molecule has 1 aliphatic heterocycles. The maximum absolute atomic E-state index is 12.5. The average molecular weight is 429 g/mol. The van der Waals surface area contributed by atoms with Crippen LogP contribution in [0.4, 0.5) is 0 Å². The monoisotopic (exact) mass is 428 g/mol. The number of carbonyl (C=O) groups excluding carboxylic acids is 1. The lowest BCUT2D eigenvalue weighted by Gasteiger charge is -2.26. The molecule has 168 valence electrons. The van der Waals surface area contributed by atoms with Crippen molar-refractivity contribution in [3.8, 4) is 11.5 Å². The first kappa shape index (κ1) is 23.2. The van der Waals surface area contributed by atoms with Gasteiger partial charge in [-0.05, 0) is 29.8 Å². The lowest BCUT2D eigenvalue weighted by Crippen LogP contribution is -2.38. The zero-order valence-electron chi connectivity index (χ0n) is 18.1. The fourth-order valence-electron chi connectivity index (χ4n) is 3.41. The third kappa shape index (κ3) is 7.63. The maximum atomic E-state index is 12.5. The number of ether oxygens (including phenoxy) is 3. The van der Waals surface area contributed by atoms with Gasteiger partial charge in [0.1, 0.15) is 18.1 Å². The first-order chi connectivity index (χ1) is 15.2. The summed E-state index contributed by atoms with van der Waals surface area (Å²) in [6, 6.07) is 14.6. The minimum atomic E-state index is -0.635. The van der Waals surface area contributed by atoms with Crippen LogP contribution in [-0.4, -0.2) is 75.4 Å². The first-order valence-electron chi connectivity index (χ1n) is 10.7. The van der Waals surface area contributed by atoms with Crippen LogP contribution in [-0.2, 0) is 4.74 Å². The SMILES string of the molecule is COc1ccc(C(O)CNCCC(=O)c2cccc(OCCN3CCOCC3)c2)cc1. The third-order valence-corrected chi connectivity index (χ3v) is 5.30. The predicted molar refractivity (Wildman–Crippen MR) is 119 cm³/mol. The number of nitrogens with zero attached hydrogens (tertiary/aromatic N) is 1. The van der Waals surface area contributed by atoms with Gasteiger partial charge in [-0.2, -0.15) is 0 Å². The van der Waals surface area contributed by atoms with Gasteiger partial charge >= 0.3 is 0 Å². The fraction of sp³-hybridized carbons (Fsp3) is 0.458. The second kappa shape index (κ2) is 12.4. The molecule has 7 nitrogen and oxygen atoms in total. The molecule has 1 atom stereocenters. The molecule has 0 aromatic heterocycles. The summed E-state index contributed by atoms with van der Waals surface area (Å²) in [7, 11) is 1.61. The summed E-state index contributed by atoms with van der Waals surface area (Å²) in [5, 5.41) is 13.4. The number of aliphatic hydroxyl groups is 1. The molecule has 7 heteroatoms. The highest BCUT2D eigenvalue weighted by Crippen LogP contribution is 2.17.